The maximum atomic E-state index is 14.5. The van der Waals surface area contributed by atoms with E-state index in [-0.39, 0.29) is 61.1 Å². The molecule has 0 radical (unpaired) electrons. The number of nitrogens with zero attached hydrogens (tertiary/aromatic N) is 5. The van der Waals surface area contributed by atoms with Crippen molar-refractivity contribution in [1.29, 1.82) is 0 Å². The zero-order chi connectivity index (χ0) is 59.8. The van der Waals surface area contributed by atoms with Crippen molar-refractivity contribution < 1.29 is 38.2 Å². The van der Waals surface area contributed by atoms with E-state index in [4.69, 9.17) is 15.0 Å². The third-order valence-corrected chi connectivity index (χ3v) is 16.4. The van der Waals surface area contributed by atoms with Gasteiger partial charge in [0.1, 0.15) is 5.60 Å². The fourth-order valence-electron chi connectivity index (χ4n) is 11.9. The summed E-state index contributed by atoms with van der Waals surface area (Å²) in [5, 5.41) is 19.4. The molecule has 83 heavy (non-hydrogen) atoms. The lowest BCUT2D eigenvalue weighted by Gasteiger charge is -2.51. The Morgan fingerprint density at radius 1 is 0.639 bits per heavy atom. The summed E-state index contributed by atoms with van der Waals surface area (Å²) in [7, 11) is 3.49. The number of amides is 6. The minimum atomic E-state index is -0.951. The highest BCUT2D eigenvalue weighted by molar-refractivity contribution is 5.94. The molecular weight excluding hydrogens is 1050 g/mol. The number of ether oxygens (including phenoxy) is 2. The van der Waals surface area contributed by atoms with Crippen LogP contribution >= 0.6 is 0 Å². The lowest BCUT2D eigenvalue weighted by atomic mass is 9.51. The van der Waals surface area contributed by atoms with Gasteiger partial charge in [-0.1, -0.05) is 121 Å². The molecule has 2 atom stereocenters. The zero-order valence-electron chi connectivity index (χ0n) is 50.9. The minimum absolute atomic E-state index is 0.0460. The van der Waals surface area contributed by atoms with E-state index < -0.39 is 23.2 Å². The van der Waals surface area contributed by atoms with Crippen LogP contribution in [0.4, 0.5) is 21.9 Å². The van der Waals surface area contributed by atoms with E-state index in [2.05, 4.69) is 86.9 Å². The van der Waals surface area contributed by atoms with Gasteiger partial charge in [0.15, 0.2) is 0 Å². The summed E-state index contributed by atoms with van der Waals surface area (Å²) in [6.45, 7) is 12.1. The predicted molar refractivity (Wildman–Crippen MR) is 329 cm³/mol. The summed E-state index contributed by atoms with van der Waals surface area (Å²) in [6.07, 6.45) is 18.8. The van der Waals surface area contributed by atoms with Gasteiger partial charge in [-0.2, -0.15) is 0 Å². The van der Waals surface area contributed by atoms with Crippen molar-refractivity contribution in [1.82, 2.24) is 20.4 Å². The molecular formula is C65H96N10O8. The standard InChI is InChI=1S/C65H96N10O8/c1-8-10-12-14-17-21-25-57(76)69-46-28-31-50-53(41-46)65(35-34-60(79)74(6)37-39-82-40-38-75(7)62(80)56-44-49(45-68-56)72-73-66)54-42-47(70-58(77)26-22-18-15-13-11-9-2)29-32-51(54)61(50)52-33-30-48(43-55(52)65)71-59(78)27-23-19-16-20-24-36-67-63(81)83-64(3,4)5/h28-33,41-43,49,56,61,68H,8-27,34-40,44-45H2,1-7H3,(H,67,81)(H,69,76)(H,70,77)(H,71,78). The number of unbranched alkanes of at least 4 members (excludes halogenated alkanes) is 14. The van der Waals surface area contributed by atoms with Crippen molar-refractivity contribution >= 4 is 52.7 Å². The normalized spacial score (nSPS) is 17.3. The SMILES string of the molecule is CCCCCCCCC(=O)Nc1ccc2c(c1)C1(CCC(=O)N(C)CCOCCN(C)C(=O)C3CC(N=[N+]=[N-])CN3)c3cc(NC(=O)CCCCCCCC)ccc3C2c2ccc(NC(=O)CCCCCCCNC(=O)OC(C)(C)C)cc21. The number of carbonyl (C=O) groups is 6. The van der Waals surface area contributed by atoms with Crippen molar-refractivity contribution in [3.8, 4) is 0 Å². The van der Waals surface area contributed by atoms with E-state index in [1.165, 1.54) is 25.7 Å². The van der Waals surface area contributed by atoms with Gasteiger partial charge in [0.2, 0.25) is 29.5 Å². The summed E-state index contributed by atoms with van der Waals surface area (Å²) in [5.74, 6) is -0.573. The average Bonchev–Trinajstić information content (AvgIpc) is 0.969. The molecule has 4 aliphatic rings. The largest absolute Gasteiger partial charge is 0.444 e. The molecule has 2 bridgehead atoms. The molecule has 3 aromatic rings. The van der Waals surface area contributed by atoms with E-state index in [0.29, 0.717) is 81.8 Å². The Bertz CT molecular complexity index is 2620. The molecule has 3 aromatic carbocycles. The Labute approximate surface area is 493 Å². The summed E-state index contributed by atoms with van der Waals surface area (Å²) < 4.78 is 11.3. The molecule has 454 valence electrons. The maximum Gasteiger partial charge on any atom is 0.407 e. The lowest BCUT2D eigenvalue weighted by molar-refractivity contribution is -0.132. The second-order valence-corrected chi connectivity index (χ2v) is 24.1. The molecule has 18 heteroatoms. The van der Waals surface area contributed by atoms with E-state index in [1.54, 1.807) is 23.9 Å². The number of nitrogens with one attached hydrogen (secondary N) is 5. The van der Waals surface area contributed by atoms with Gasteiger partial charge in [-0.3, -0.25) is 24.0 Å². The van der Waals surface area contributed by atoms with Crippen LogP contribution in [0.3, 0.4) is 0 Å². The minimum Gasteiger partial charge on any atom is -0.444 e. The highest BCUT2D eigenvalue weighted by atomic mass is 16.6. The number of anilines is 3. The first-order chi connectivity index (χ1) is 40.0. The Morgan fingerprint density at radius 2 is 1.08 bits per heavy atom. The lowest BCUT2D eigenvalue weighted by Crippen LogP contribution is -2.43. The van der Waals surface area contributed by atoms with Crippen LogP contribution in [0.1, 0.15) is 222 Å². The van der Waals surface area contributed by atoms with E-state index in [0.717, 1.165) is 110 Å². The fraction of sp³-hybridized carbons (Fsp3) is 0.631. The summed E-state index contributed by atoms with van der Waals surface area (Å²) in [6, 6.07) is 17.8. The Kier molecular flexibility index (Phi) is 26.2. The number of carbonyl (C=O) groups excluding carboxylic acids is 6. The number of likely N-dealkylation sites (N-methyl/N-ethyl adjacent to an activating group) is 2. The molecule has 2 unspecified atom stereocenters. The molecule has 18 nitrogen and oxygen atoms in total. The number of hydrogen-bond donors (Lipinski definition) is 5. The molecule has 6 amide bonds. The molecule has 0 saturated carbocycles. The number of rotatable bonds is 36. The van der Waals surface area contributed by atoms with Crippen molar-refractivity contribution in [2.24, 2.45) is 5.11 Å². The van der Waals surface area contributed by atoms with Gasteiger partial charge in [0.05, 0.1) is 25.3 Å². The second-order valence-electron chi connectivity index (χ2n) is 24.1. The van der Waals surface area contributed by atoms with Crippen molar-refractivity contribution in [3.05, 3.63) is 98.4 Å². The number of hydrogen-bond acceptors (Lipinski definition) is 10. The zero-order valence-corrected chi connectivity index (χ0v) is 50.9. The predicted octanol–water partition coefficient (Wildman–Crippen LogP) is 12.8. The van der Waals surface area contributed by atoms with Crippen molar-refractivity contribution in [2.75, 3.05) is 69.4 Å². The molecule has 7 rings (SSSR count). The van der Waals surface area contributed by atoms with Crippen LogP contribution in [0.15, 0.2) is 59.7 Å². The van der Waals surface area contributed by atoms with E-state index in [9.17, 15) is 28.8 Å². The van der Waals surface area contributed by atoms with Crippen LogP contribution in [0.2, 0.25) is 0 Å². The van der Waals surface area contributed by atoms with Crippen molar-refractivity contribution in [2.45, 2.75) is 211 Å². The van der Waals surface area contributed by atoms with Crippen LogP contribution in [0.25, 0.3) is 10.4 Å². The average molecular weight is 1150 g/mol. The number of alkyl carbamates (subject to hydrolysis) is 1. The van der Waals surface area contributed by atoms with Crippen molar-refractivity contribution in [3.63, 3.8) is 0 Å². The molecule has 1 aliphatic heterocycles. The van der Waals surface area contributed by atoms with Crippen LogP contribution in [-0.2, 0) is 38.9 Å². The second kappa shape index (κ2) is 33.1. The first-order valence-electron chi connectivity index (χ1n) is 31.1. The molecule has 0 spiro atoms. The van der Waals surface area contributed by atoms with Gasteiger partial charge in [0, 0.05) is 99.3 Å². The topological polar surface area (TPSA) is 236 Å². The number of azide groups is 1. The van der Waals surface area contributed by atoms with E-state index in [1.807, 2.05) is 39.0 Å². The van der Waals surface area contributed by atoms with Gasteiger partial charge in [0.25, 0.3) is 0 Å². The van der Waals surface area contributed by atoms with Gasteiger partial charge in [-0.25, -0.2) is 4.79 Å². The molecule has 1 fully saturated rings. The fourth-order valence-corrected chi connectivity index (χ4v) is 11.9. The van der Waals surface area contributed by atoms with Crippen LogP contribution in [0.5, 0.6) is 0 Å². The third kappa shape index (κ3) is 19.5. The highest BCUT2D eigenvalue weighted by Crippen LogP contribution is 2.62. The van der Waals surface area contributed by atoms with Crippen LogP contribution in [0, 0.1) is 0 Å². The summed E-state index contributed by atoms with van der Waals surface area (Å²) in [4.78, 5) is 86.8. The molecule has 5 N–H and O–H groups in total. The highest BCUT2D eigenvalue weighted by Gasteiger charge is 2.52. The Balaban J connectivity index is 1.23. The van der Waals surface area contributed by atoms with Gasteiger partial charge in [-0.15, -0.1) is 0 Å². The smallest absolute Gasteiger partial charge is 0.407 e. The Hall–Kier alpha value is -6.49. The van der Waals surface area contributed by atoms with E-state index >= 15 is 0 Å². The first kappa shape index (κ1) is 65.7. The maximum absolute atomic E-state index is 14.5. The molecule has 0 aromatic heterocycles. The van der Waals surface area contributed by atoms with Crippen LogP contribution < -0.4 is 26.6 Å². The molecule has 1 heterocycles. The van der Waals surface area contributed by atoms with Gasteiger partial charge < -0.3 is 45.9 Å². The monoisotopic (exact) mass is 1140 g/mol. The summed E-state index contributed by atoms with van der Waals surface area (Å²) >= 11 is 0. The van der Waals surface area contributed by atoms with Gasteiger partial charge >= 0.3 is 6.09 Å². The first-order valence-corrected chi connectivity index (χ1v) is 31.1. The third-order valence-electron chi connectivity index (χ3n) is 16.4. The Morgan fingerprint density at radius 3 is 1.54 bits per heavy atom. The number of benzene rings is 3. The van der Waals surface area contributed by atoms with Crippen LogP contribution in [-0.4, -0.2) is 117 Å². The van der Waals surface area contributed by atoms with Gasteiger partial charge in [-0.05, 0) is 135 Å². The molecule has 1 saturated heterocycles. The quantitative estimate of drug-likeness (QED) is 0.0161. The summed E-state index contributed by atoms with van der Waals surface area (Å²) in [5.41, 5.74) is 15.4. The molecule has 3 aliphatic carbocycles.